The van der Waals surface area contributed by atoms with Gasteiger partial charge in [0, 0.05) is 18.3 Å². The molecule has 1 heterocycles. The maximum Gasteiger partial charge on any atom is 0.522 e. The van der Waals surface area contributed by atoms with Crippen molar-refractivity contribution in [2.75, 3.05) is 6.61 Å². The Morgan fingerprint density at radius 2 is 2.00 bits per heavy atom. The van der Waals surface area contributed by atoms with E-state index in [9.17, 15) is 13.2 Å². The Hall–Kier alpha value is -1.53. The number of benzene rings is 1. The molecule has 1 N–H and O–H groups in total. The lowest BCUT2D eigenvalue weighted by Crippen LogP contribution is -2.17. The zero-order valence-corrected chi connectivity index (χ0v) is 9.44. The van der Waals surface area contributed by atoms with Crippen LogP contribution < -0.4 is 0 Å². The molecule has 0 spiro atoms. The Labute approximate surface area is 101 Å². The maximum atomic E-state index is 11.9. The van der Waals surface area contributed by atoms with Gasteiger partial charge in [-0.25, -0.2) is 0 Å². The number of rotatable bonds is 4. The van der Waals surface area contributed by atoms with E-state index in [4.69, 9.17) is 5.11 Å². The van der Waals surface area contributed by atoms with Gasteiger partial charge in [-0.15, -0.1) is 13.2 Å². The van der Waals surface area contributed by atoms with Gasteiger partial charge in [-0.2, -0.15) is 0 Å². The van der Waals surface area contributed by atoms with Crippen molar-refractivity contribution >= 4 is 10.9 Å². The molecule has 0 atom stereocenters. The smallest absolute Gasteiger partial charge is 0.392 e. The normalized spacial score (nSPS) is 12.2. The summed E-state index contributed by atoms with van der Waals surface area (Å²) in [5, 5.41) is 9.94. The molecule has 18 heavy (non-hydrogen) atoms. The molecular weight excluding hydrogens is 247 g/mol. The van der Waals surface area contributed by atoms with Crippen LogP contribution in [0.25, 0.3) is 10.9 Å². The summed E-state index contributed by atoms with van der Waals surface area (Å²) in [6, 6.07) is 7.16. The van der Waals surface area contributed by atoms with Crippen LogP contribution in [-0.4, -0.2) is 22.6 Å². The third-order valence-electron chi connectivity index (χ3n) is 2.62. The third kappa shape index (κ3) is 3.02. The summed E-state index contributed by atoms with van der Waals surface area (Å²) in [7, 11) is 0. The number of hydrogen-bond acceptors (Lipinski definition) is 2. The molecular formula is C12H12F3NO2. The van der Waals surface area contributed by atoms with Crippen LogP contribution in [0.4, 0.5) is 13.2 Å². The minimum absolute atomic E-state index is 0.0971. The molecule has 0 saturated carbocycles. The molecule has 98 valence electrons. The molecule has 0 aliphatic rings. The predicted octanol–water partition coefficient (Wildman–Crippen LogP) is 2.67. The number of aliphatic hydroxyl groups excluding tert-OH is 1. The van der Waals surface area contributed by atoms with Gasteiger partial charge in [0.25, 0.3) is 0 Å². The third-order valence-corrected chi connectivity index (χ3v) is 2.62. The second-order valence-electron chi connectivity index (χ2n) is 3.85. The molecule has 1 aromatic carbocycles. The Kier molecular flexibility index (Phi) is 3.58. The van der Waals surface area contributed by atoms with Crippen LogP contribution in [0.15, 0.2) is 30.5 Å². The lowest BCUT2D eigenvalue weighted by atomic mass is 10.2. The summed E-state index contributed by atoms with van der Waals surface area (Å²) in [5.41, 5.74) is 1.51. The molecule has 1 aromatic heterocycles. The van der Waals surface area contributed by atoms with Crippen molar-refractivity contribution < 1.29 is 23.0 Å². The predicted molar refractivity (Wildman–Crippen MR) is 59.9 cm³/mol. The average Bonchev–Trinajstić information content (AvgIpc) is 2.70. The van der Waals surface area contributed by atoms with Gasteiger partial charge in [0.15, 0.2) is 0 Å². The van der Waals surface area contributed by atoms with Crippen molar-refractivity contribution in [2.45, 2.75) is 19.5 Å². The van der Waals surface area contributed by atoms with E-state index in [2.05, 4.69) is 4.74 Å². The fourth-order valence-electron chi connectivity index (χ4n) is 1.78. The van der Waals surface area contributed by atoms with E-state index in [1.54, 1.807) is 22.9 Å². The number of hydrogen-bond donors (Lipinski definition) is 1. The highest BCUT2D eigenvalue weighted by molar-refractivity contribution is 5.80. The summed E-state index contributed by atoms with van der Waals surface area (Å²) in [4.78, 5) is 0. The summed E-state index contributed by atoms with van der Waals surface area (Å²) < 4.78 is 41.0. The molecule has 3 nitrogen and oxygen atoms in total. The highest BCUT2D eigenvalue weighted by atomic mass is 19.4. The van der Waals surface area contributed by atoms with Crippen molar-refractivity contribution in [3.63, 3.8) is 0 Å². The Balaban J connectivity index is 2.13. The molecule has 0 amide bonds. The number of fused-ring (bicyclic) bond motifs is 1. The second-order valence-corrected chi connectivity index (χ2v) is 3.85. The number of alkyl halides is 3. The molecule has 2 aromatic rings. The van der Waals surface area contributed by atoms with E-state index >= 15 is 0 Å². The van der Waals surface area contributed by atoms with Crippen LogP contribution in [0.5, 0.6) is 0 Å². The maximum absolute atomic E-state index is 11.9. The monoisotopic (exact) mass is 259 g/mol. The van der Waals surface area contributed by atoms with Gasteiger partial charge >= 0.3 is 6.36 Å². The number of aromatic nitrogens is 1. The molecule has 0 aliphatic heterocycles. The van der Waals surface area contributed by atoms with Gasteiger partial charge in [-0.05, 0) is 23.1 Å². The number of nitrogens with zero attached hydrogens (tertiary/aromatic N) is 1. The standard InChI is InChI=1S/C12H12F3NO2/c13-12(14,15)18-6-5-16-4-3-10-2-1-9(8-17)7-11(10)16/h1-4,7,17H,5-6,8H2. The molecule has 6 heteroatoms. The van der Waals surface area contributed by atoms with Crippen LogP contribution >= 0.6 is 0 Å². The average molecular weight is 259 g/mol. The molecule has 2 rings (SSSR count). The first-order valence-electron chi connectivity index (χ1n) is 5.39. The zero-order chi connectivity index (χ0) is 13.2. The molecule has 0 radical (unpaired) electrons. The van der Waals surface area contributed by atoms with E-state index < -0.39 is 13.0 Å². The fraction of sp³-hybridized carbons (Fsp3) is 0.333. The summed E-state index contributed by atoms with van der Waals surface area (Å²) in [6.07, 6.45) is -2.90. The Bertz CT molecular complexity index is 534. The summed E-state index contributed by atoms with van der Waals surface area (Å²) in [6.45, 7) is -0.422. The Morgan fingerprint density at radius 1 is 1.22 bits per heavy atom. The number of halogens is 3. The molecule has 0 fully saturated rings. The van der Waals surface area contributed by atoms with E-state index in [1.165, 1.54) is 0 Å². The minimum Gasteiger partial charge on any atom is -0.392 e. The van der Waals surface area contributed by atoms with Gasteiger partial charge in [0.2, 0.25) is 0 Å². The van der Waals surface area contributed by atoms with Gasteiger partial charge in [0.05, 0.1) is 13.2 Å². The summed E-state index contributed by atoms with van der Waals surface area (Å²) >= 11 is 0. The lowest BCUT2D eigenvalue weighted by Gasteiger charge is -2.09. The molecule has 0 unspecified atom stereocenters. The van der Waals surface area contributed by atoms with Crippen molar-refractivity contribution in [1.29, 1.82) is 0 Å². The van der Waals surface area contributed by atoms with Gasteiger partial charge in [-0.3, -0.25) is 4.74 Å². The van der Waals surface area contributed by atoms with Gasteiger partial charge in [0.1, 0.15) is 0 Å². The van der Waals surface area contributed by atoms with Crippen molar-refractivity contribution in [3.8, 4) is 0 Å². The highest BCUT2D eigenvalue weighted by Gasteiger charge is 2.28. The van der Waals surface area contributed by atoms with E-state index in [0.717, 1.165) is 16.5 Å². The second kappa shape index (κ2) is 4.99. The van der Waals surface area contributed by atoms with Crippen molar-refractivity contribution in [2.24, 2.45) is 0 Å². The topological polar surface area (TPSA) is 34.4 Å². The fourth-order valence-corrected chi connectivity index (χ4v) is 1.78. The first kappa shape index (κ1) is 12.9. The van der Waals surface area contributed by atoms with Crippen LogP contribution in [-0.2, 0) is 17.9 Å². The quantitative estimate of drug-likeness (QED) is 0.916. The first-order valence-corrected chi connectivity index (χ1v) is 5.39. The summed E-state index contributed by atoms with van der Waals surface area (Å²) in [5.74, 6) is 0. The van der Waals surface area contributed by atoms with Gasteiger partial charge < -0.3 is 9.67 Å². The first-order chi connectivity index (χ1) is 8.49. The lowest BCUT2D eigenvalue weighted by molar-refractivity contribution is -0.325. The SMILES string of the molecule is OCc1ccc2ccn(CCOC(F)(F)F)c2c1. The van der Waals surface area contributed by atoms with E-state index in [-0.39, 0.29) is 13.2 Å². The Morgan fingerprint density at radius 3 is 2.67 bits per heavy atom. The van der Waals surface area contributed by atoms with E-state index in [0.29, 0.717) is 0 Å². The van der Waals surface area contributed by atoms with Crippen LogP contribution in [0.1, 0.15) is 5.56 Å². The van der Waals surface area contributed by atoms with Gasteiger partial charge in [-0.1, -0.05) is 12.1 Å². The zero-order valence-electron chi connectivity index (χ0n) is 9.44. The van der Waals surface area contributed by atoms with Crippen molar-refractivity contribution in [3.05, 3.63) is 36.0 Å². The highest BCUT2D eigenvalue weighted by Crippen LogP contribution is 2.19. The number of ether oxygens (including phenoxy) is 1. The van der Waals surface area contributed by atoms with E-state index in [1.807, 2.05) is 12.1 Å². The molecule has 0 aliphatic carbocycles. The van der Waals surface area contributed by atoms with Crippen molar-refractivity contribution in [1.82, 2.24) is 4.57 Å². The van der Waals surface area contributed by atoms with Crippen LogP contribution in [0, 0.1) is 0 Å². The van der Waals surface area contributed by atoms with Crippen LogP contribution in [0.2, 0.25) is 0 Å². The molecule has 0 bridgehead atoms. The number of aliphatic hydroxyl groups is 1. The minimum atomic E-state index is -4.60. The van der Waals surface area contributed by atoms with Crippen LogP contribution in [0.3, 0.4) is 0 Å². The largest absolute Gasteiger partial charge is 0.522 e. The molecule has 0 saturated heterocycles.